The number of pyridine rings is 1. The zero-order valence-electron chi connectivity index (χ0n) is 30.2. The van der Waals surface area contributed by atoms with Gasteiger partial charge in [-0.3, -0.25) is 14.4 Å². The average Bonchev–Trinajstić information content (AvgIpc) is 3.67. The summed E-state index contributed by atoms with van der Waals surface area (Å²) in [6.07, 6.45) is 10.1. The van der Waals surface area contributed by atoms with Crippen molar-refractivity contribution in [3.05, 3.63) is 47.6 Å². The van der Waals surface area contributed by atoms with E-state index in [1.807, 2.05) is 56.9 Å². The Kier molecular flexibility index (Phi) is 9.16. The first-order valence-corrected chi connectivity index (χ1v) is 17.3. The molecule has 3 aliphatic rings. The Morgan fingerprint density at radius 1 is 1.00 bits per heavy atom. The van der Waals surface area contributed by atoms with Gasteiger partial charge in [-0.15, -0.1) is 0 Å². The molecule has 0 atom stereocenters. The van der Waals surface area contributed by atoms with E-state index in [0.717, 1.165) is 55.6 Å². The highest BCUT2D eigenvalue weighted by atomic mass is 16.6. The van der Waals surface area contributed by atoms with Crippen molar-refractivity contribution in [3.8, 4) is 29.0 Å². The molecule has 1 spiro atoms. The largest absolute Gasteiger partial charge is 0.494 e. The second-order valence-electron chi connectivity index (χ2n) is 15.5. The highest BCUT2D eigenvalue weighted by Gasteiger charge is 2.49. The molecule has 6 rings (SSSR count). The Morgan fingerprint density at radius 2 is 1.68 bits per heavy atom. The van der Waals surface area contributed by atoms with Crippen LogP contribution in [0.2, 0.25) is 0 Å². The maximum Gasteiger partial charge on any atom is 0.410 e. The van der Waals surface area contributed by atoms with Crippen LogP contribution in [0.5, 0.6) is 5.75 Å². The zero-order chi connectivity index (χ0) is 36.0. The van der Waals surface area contributed by atoms with Crippen LogP contribution in [-0.4, -0.2) is 104 Å². The summed E-state index contributed by atoms with van der Waals surface area (Å²) in [6.45, 7) is 15.9. The molecule has 50 heavy (non-hydrogen) atoms. The molecule has 3 aliphatic heterocycles. The van der Waals surface area contributed by atoms with E-state index >= 15 is 0 Å². The third-order valence-electron chi connectivity index (χ3n) is 10.6. The molecule has 264 valence electrons. The second kappa shape index (κ2) is 13.1. The van der Waals surface area contributed by atoms with E-state index < -0.39 is 11.1 Å². The van der Waals surface area contributed by atoms with Crippen molar-refractivity contribution in [1.29, 1.82) is 10.5 Å². The predicted octanol–water partition coefficient (Wildman–Crippen LogP) is 5.11. The number of fused-ring (bicyclic) bond motifs is 1. The van der Waals surface area contributed by atoms with Crippen molar-refractivity contribution < 1.29 is 19.1 Å². The number of aromatic nitrogens is 4. The Morgan fingerprint density at radius 3 is 2.28 bits per heavy atom. The van der Waals surface area contributed by atoms with Gasteiger partial charge in [-0.05, 0) is 84.8 Å². The summed E-state index contributed by atoms with van der Waals surface area (Å²) >= 11 is 0. The summed E-state index contributed by atoms with van der Waals surface area (Å²) in [6, 6.07) is 6.37. The molecular formula is C37H47N9O4. The number of ether oxygens (including phenoxy) is 2. The van der Waals surface area contributed by atoms with Gasteiger partial charge in [0.1, 0.15) is 40.1 Å². The number of methoxy groups -OCH3 is 1. The quantitative estimate of drug-likeness (QED) is 0.256. The van der Waals surface area contributed by atoms with Gasteiger partial charge in [0.05, 0.1) is 25.5 Å². The Labute approximate surface area is 293 Å². The second-order valence-corrected chi connectivity index (χ2v) is 15.5. The lowest BCUT2D eigenvalue weighted by Gasteiger charge is -2.58. The van der Waals surface area contributed by atoms with Gasteiger partial charge in [0.2, 0.25) is 0 Å². The van der Waals surface area contributed by atoms with Gasteiger partial charge in [0.25, 0.3) is 5.91 Å². The van der Waals surface area contributed by atoms with Gasteiger partial charge >= 0.3 is 6.09 Å². The summed E-state index contributed by atoms with van der Waals surface area (Å²) in [5.41, 5.74) is 3.23. The van der Waals surface area contributed by atoms with Crippen LogP contribution in [0.3, 0.4) is 0 Å². The molecule has 3 aromatic rings. The van der Waals surface area contributed by atoms with Gasteiger partial charge in [0, 0.05) is 67.8 Å². The lowest BCUT2D eigenvalue weighted by atomic mass is 9.70. The maximum atomic E-state index is 13.6. The topological polar surface area (TPSA) is 145 Å². The van der Waals surface area contributed by atoms with E-state index in [0.29, 0.717) is 43.0 Å². The molecule has 0 saturated carbocycles. The van der Waals surface area contributed by atoms with Crippen LogP contribution < -0.4 is 4.74 Å². The molecule has 0 unspecified atom stereocenters. The average molecular weight is 682 g/mol. The first kappa shape index (κ1) is 35.0. The van der Waals surface area contributed by atoms with Crippen molar-refractivity contribution in [3.63, 3.8) is 0 Å². The van der Waals surface area contributed by atoms with Crippen LogP contribution in [-0.2, 0) is 9.53 Å². The molecule has 13 heteroatoms. The fourth-order valence-corrected chi connectivity index (χ4v) is 7.59. The molecule has 3 saturated heterocycles. The monoisotopic (exact) mass is 681 g/mol. The number of nitriles is 2. The summed E-state index contributed by atoms with van der Waals surface area (Å²) in [4.78, 5) is 32.1. The van der Waals surface area contributed by atoms with Crippen molar-refractivity contribution in [1.82, 2.24) is 34.1 Å². The number of carbonyl (C=O) groups excluding carboxylic acids is 2. The van der Waals surface area contributed by atoms with Gasteiger partial charge in [-0.2, -0.15) is 20.7 Å². The van der Waals surface area contributed by atoms with E-state index in [4.69, 9.17) is 14.6 Å². The molecule has 0 aromatic carbocycles. The normalized spacial score (nSPS) is 18.9. The summed E-state index contributed by atoms with van der Waals surface area (Å²) in [5, 5.41) is 28.6. The van der Waals surface area contributed by atoms with Gasteiger partial charge in [0.15, 0.2) is 0 Å². The van der Waals surface area contributed by atoms with Gasteiger partial charge in [-0.1, -0.05) is 0 Å². The van der Waals surface area contributed by atoms with E-state index in [1.165, 1.54) is 6.20 Å². The summed E-state index contributed by atoms with van der Waals surface area (Å²) < 4.78 is 14.8. The van der Waals surface area contributed by atoms with Crippen LogP contribution in [0.1, 0.15) is 77.6 Å². The number of carbonyl (C=O) groups is 2. The molecule has 0 N–H and O–H groups in total. The van der Waals surface area contributed by atoms with Crippen LogP contribution in [0.4, 0.5) is 4.79 Å². The maximum absolute atomic E-state index is 13.6. The lowest BCUT2D eigenvalue weighted by molar-refractivity contribution is -0.128. The zero-order valence-corrected chi connectivity index (χ0v) is 30.2. The predicted molar refractivity (Wildman–Crippen MR) is 186 cm³/mol. The molecule has 3 fully saturated rings. The molecule has 2 amide bonds. The van der Waals surface area contributed by atoms with E-state index in [1.54, 1.807) is 21.4 Å². The SMILES string of the molecule is COc1cc(-c2cnn(C3CCN(C(=O)C(C#N)=CC(C)(C)N4CC5(CCN(C(=O)OC(C)(C)C)CC5)C4)CC3)c2C)cn2ncc(C#N)c12. The van der Waals surface area contributed by atoms with Crippen molar-refractivity contribution in [2.75, 3.05) is 46.4 Å². The van der Waals surface area contributed by atoms with Crippen LogP contribution in [0.25, 0.3) is 16.6 Å². The molecule has 6 heterocycles. The fourth-order valence-electron chi connectivity index (χ4n) is 7.59. The van der Waals surface area contributed by atoms with Gasteiger partial charge in [-0.25, -0.2) is 9.31 Å². The molecule has 0 radical (unpaired) electrons. The molecule has 13 nitrogen and oxygen atoms in total. The third-order valence-corrected chi connectivity index (χ3v) is 10.6. The molecule has 3 aromatic heterocycles. The fraction of sp³-hybridized carbons (Fsp3) is 0.568. The van der Waals surface area contributed by atoms with E-state index in [9.17, 15) is 20.1 Å². The number of amides is 2. The number of rotatable bonds is 6. The highest BCUT2D eigenvalue weighted by Crippen LogP contribution is 2.44. The van der Waals surface area contributed by atoms with Crippen LogP contribution >= 0.6 is 0 Å². The molecular weight excluding hydrogens is 634 g/mol. The number of piperidine rings is 2. The highest BCUT2D eigenvalue weighted by molar-refractivity contribution is 5.97. The van der Waals surface area contributed by atoms with Crippen molar-refractivity contribution >= 4 is 17.5 Å². The minimum atomic E-state index is -0.510. The number of likely N-dealkylation sites (tertiary alicyclic amines) is 3. The van der Waals surface area contributed by atoms with Crippen LogP contribution in [0, 0.1) is 35.0 Å². The van der Waals surface area contributed by atoms with Crippen molar-refractivity contribution in [2.45, 2.75) is 84.4 Å². The smallest absolute Gasteiger partial charge is 0.410 e. The molecule has 0 aliphatic carbocycles. The standard InChI is InChI=1S/C37H47N9O4/c1-25-30(26-16-31(49-7)32-28(19-39)20-40-45(32)22-26)21-41-46(25)29-8-12-42(13-9-29)33(47)27(18-38)17-36(5,6)44-23-37(24-44)10-14-43(15-11-37)34(48)50-35(2,3)4/h16-17,20-22,29H,8-15,23-24H2,1-7H3. The Balaban J connectivity index is 1.06. The first-order valence-electron chi connectivity index (χ1n) is 17.3. The van der Waals surface area contributed by atoms with Crippen LogP contribution in [0.15, 0.2) is 36.3 Å². The first-order chi connectivity index (χ1) is 23.7. The van der Waals surface area contributed by atoms with E-state index in [2.05, 4.69) is 36.0 Å². The summed E-state index contributed by atoms with van der Waals surface area (Å²) in [5.74, 6) is 0.337. The lowest BCUT2D eigenvalue weighted by Crippen LogP contribution is -2.65. The van der Waals surface area contributed by atoms with Crippen molar-refractivity contribution in [2.24, 2.45) is 5.41 Å². The minimum Gasteiger partial charge on any atom is -0.494 e. The number of nitrogens with zero attached hydrogens (tertiary/aromatic N) is 9. The molecule has 0 bridgehead atoms. The Bertz CT molecular complexity index is 1890. The Hall–Kier alpha value is -4.88. The summed E-state index contributed by atoms with van der Waals surface area (Å²) in [7, 11) is 1.58. The van der Waals surface area contributed by atoms with Gasteiger partial charge < -0.3 is 19.3 Å². The number of hydrogen-bond donors (Lipinski definition) is 0. The third kappa shape index (κ3) is 6.67. The number of hydrogen-bond acceptors (Lipinski definition) is 9. The minimum absolute atomic E-state index is 0.110. The van der Waals surface area contributed by atoms with E-state index in [-0.39, 0.29) is 29.0 Å².